The molecular weight excluding hydrogens is 174 g/mol. The zero-order valence-corrected chi connectivity index (χ0v) is 8.72. The van der Waals surface area contributed by atoms with Crippen molar-refractivity contribution < 1.29 is 0 Å². The molecule has 0 bridgehead atoms. The molecule has 0 saturated carbocycles. The Bertz CT molecular complexity index is 316. The standard InChI is InChI=1S/C11H17N3/c1-8-3-4-10(7-9(8)2)14-11-12-5-6-13-11/h3-4,7,11-14H,5-6H2,1-2H3. The Labute approximate surface area is 84.9 Å². The summed E-state index contributed by atoms with van der Waals surface area (Å²) in [5.41, 5.74) is 3.83. The molecule has 0 aliphatic carbocycles. The first-order valence-corrected chi connectivity index (χ1v) is 5.06. The first kappa shape index (κ1) is 9.49. The Balaban J connectivity index is 2.05. The molecule has 3 nitrogen and oxygen atoms in total. The van der Waals surface area contributed by atoms with Gasteiger partial charge >= 0.3 is 0 Å². The van der Waals surface area contributed by atoms with Crippen molar-refractivity contribution in [2.45, 2.75) is 20.1 Å². The van der Waals surface area contributed by atoms with Crippen LogP contribution in [0.4, 0.5) is 5.69 Å². The third kappa shape index (κ3) is 2.05. The number of nitrogens with one attached hydrogen (secondary N) is 3. The molecule has 1 heterocycles. The van der Waals surface area contributed by atoms with Crippen molar-refractivity contribution in [3.05, 3.63) is 29.3 Å². The first-order chi connectivity index (χ1) is 6.75. The van der Waals surface area contributed by atoms with Gasteiger partial charge in [-0.25, -0.2) is 0 Å². The third-order valence-electron chi connectivity index (χ3n) is 2.64. The summed E-state index contributed by atoms with van der Waals surface area (Å²) in [7, 11) is 0. The fraction of sp³-hybridized carbons (Fsp3) is 0.455. The van der Waals surface area contributed by atoms with Crippen LogP contribution in [0, 0.1) is 13.8 Å². The second kappa shape index (κ2) is 3.98. The van der Waals surface area contributed by atoms with Gasteiger partial charge in [0.1, 0.15) is 6.29 Å². The number of aryl methyl sites for hydroxylation is 2. The number of hydrogen-bond acceptors (Lipinski definition) is 3. The van der Waals surface area contributed by atoms with E-state index in [0.29, 0.717) is 0 Å². The largest absolute Gasteiger partial charge is 0.358 e. The summed E-state index contributed by atoms with van der Waals surface area (Å²) in [6.07, 6.45) is 0.220. The summed E-state index contributed by atoms with van der Waals surface area (Å²) in [6.45, 7) is 6.33. The molecule has 0 unspecified atom stereocenters. The van der Waals surface area contributed by atoms with Crippen LogP contribution in [0.25, 0.3) is 0 Å². The first-order valence-electron chi connectivity index (χ1n) is 5.06. The summed E-state index contributed by atoms with van der Waals surface area (Å²) >= 11 is 0. The van der Waals surface area contributed by atoms with Crippen molar-refractivity contribution >= 4 is 5.69 Å². The molecule has 1 aromatic carbocycles. The number of benzene rings is 1. The van der Waals surface area contributed by atoms with Crippen LogP contribution in [0.1, 0.15) is 11.1 Å². The normalized spacial score (nSPS) is 17.3. The van der Waals surface area contributed by atoms with Crippen LogP contribution >= 0.6 is 0 Å². The Morgan fingerprint density at radius 1 is 1.14 bits per heavy atom. The topological polar surface area (TPSA) is 36.1 Å². The second-order valence-corrected chi connectivity index (χ2v) is 3.78. The zero-order valence-electron chi connectivity index (χ0n) is 8.72. The zero-order chi connectivity index (χ0) is 9.97. The molecule has 76 valence electrons. The van der Waals surface area contributed by atoms with Crippen LogP contribution < -0.4 is 16.0 Å². The van der Waals surface area contributed by atoms with E-state index in [4.69, 9.17) is 0 Å². The Morgan fingerprint density at radius 3 is 2.50 bits per heavy atom. The van der Waals surface area contributed by atoms with E-state index in [1.165, 1.54) is 16.8 Å². The number of rotatable bonds is 2. The second-order valence-electron chi connectivity index (χ2n) is 3.78. The van der Waals surface area contributed by atoms with Crippen molar-refractivity contribution in [2.24, 2.45) is 0 Å². The molecule has 0 spiro atoms. The average molecular weight is 191 g/mol. The molecule has 1 saturated heterocycles. The van der Waals surface area contributed by atoms with Gasteiger partial charge in [0, 0.05) is 18.8 Å². The molecule has 0 amide bonds. The lowest BCUT2D eigenvalue weighted by molar-refractivity contribution is 0.620. The maximum absolute atomic E-state index is 3.39. The minimum Gasteiger partial charge on any atom is -0.358 e. The quantitative estimate of drug-likeness (QED) is 0.657. The number of hydrogen-bond donors (Lipinski definition) is 3. The van der Waals surface area contributed by atoms with E-state index < -0.39 is 0 Å². The molecule has 1 fully saturated rings. The van der Waals surface area contributed by atoms with Gasteiger partial charge in [-0.2, -0.15) is 0 Å². The Kier molecular flexibility index (Phi) is 2.70. The maximum atomic E-state index is 3.39. The molecule has 0 aromatic heterocycles. The molecule has 1 aromatic rings. The monoisotopic (exact) mass is 191 g/mol. The summed E-state index contributed by atoms with van der Waals surface area (Å²) in [4.78, 5) is 0. The molecule has 3 heteroatoms. The fourth-order valence-corrected chi connectivity index (χ4v) is 1.61. The summed E-state index contributed by atoms with van der Waals surface area (Å²) in [5.74, 6) is 0. The molecule has 0 atom stereocenters. The molecule has 0 radical (unpaired) electrons. The van der Waals surface area contributed by atoms with Crippen LogP contribution in [0.2, 0.25) is 0 Å². The van der Waals surface area contributed by atoms with E-state index >= 15 is 0 Å². The van der Waals surface area contributed by atoms with Crippen molar-refractivity contribution in [3.63, 3.8) is 0 Å². The predicted molar refractivity (Wildman–Crippen MR) is 59.3 cm³/mol. The molecule has 1 aliphatic rings. The van der Waals surface area contributed by atoms with Gasteiger partial charge in [-0.05, 0) is 37.1 Å². The van der Waals surface area contributed by atoms with E-state index in [9.17, 15) is 0 Å². The fourth-order valence-electron chi connectivity index (χ4n) is 1.61. The minimum atomic E-state index is 0.220. The van der Waals surface area contributed by atoms with E-state index in [2.05, 4.69) is 48.0 Å². The third-order valence-corrected chi connectivity index (χ3v) is 2.64. The van der Waals surface area contributed by atoms with Gasteiger partial charge in [0.05, 0.1) is 0 Å². The van der Waals surface area contributed by atoms with Crippen LogP contribution in [0.3, 0.4) is 0 Å². The Hall–Kier alpha value is -1.06. The van der Waals surface area contributed by atoms with Crippen LogP contribution in [0.5, 0.6) is 0 Å². The van der Waals surface area contributed by atoms with Gasteiger partial charge in [0.2, 0.25) is 0 Å². The van der Waals surface area contributed by atoms with Gasteiger partial charge < -0.3 is 5.32 Å². The highest BCUT2D eigenvalue weighted by molar-refractivity contribution is 5.48. The van der Waals surface area contributed by atoms with E-state index in [-0.39, 0.29) is 6.29 Å². The van der Waals surface area contributed by atoms with Crippen LogP contribution in [0.15, 0.2) is 18.2 Å². The molecule has 2 rings (SSSR count). The van der Waals surface area contributed by atoms with E-state index in [0.717, 1.165) is 13.1 Å². The van der Waals surface area contributed by atoms with Gasteiger partial charge in [0.15, 0.2) is 0 Å². The summed E-state index contributed by atoms with van der Waals surface area (Å²) in [6, 6.07) is 6.44. The van der Waals surface area contributed by atoms with Crippen LogP contribution in [-0.4, -0.2) is 19.4 Å². The highest BCUT2D eigenvalue weighted by Crippen LogP contribution is 2.14. The van der Waals surface area contributed by atoms with E-state index in [1.807, 2.05) is 0 Å². The molecule has 1 aliphatic heterocycles. The van der Waals surface area contributed by atoms with Gasteiger partial charge in [-0.15, -0.1) is 0 Å². The smallest absolute Gasteiger partial charge is 0.132 e. The van der Waals surface area contributed by atoms with Crippen LogP contribution in [-0.2, 0) is 0 Å². The lowest BCUT2D eigenvalue weighted by atomic mass is 10.1. The lowest BCUT2D eigenvalue weighted by Crippen LogP contribution is -2.38. The Morgan fingerprint density at radius 2 is 1.86 bits per heavy atom. The molecular formula is C11H17N3. The molecule has 14 heavy (non-hydrogen) atoms. The summed E-state index contributed by atoms with van der Waals surface area (Å²) < 4.78 is 0. The highest BCUT2D eigenvalue weighted by Gasteiger charge is 2.11. The highest BCUT2D eigenvalue weighted by atomic mass is 15.3. The van der Waals surface area contributed by atoms with Gasteiger partial charge in [0.25, 0.3) is 0 Å². The van der Waals surface area contributed by atoms with Crippen molar-refractivity contribution in [1.82, 2.24) is 10.6 Å². The van der Waals surface area contributed by atoms with E-state index in [1.54, 1.807) is 0 Å². The lowest BCUT2D eigenvalue weighted by Gasteiger charge is -2.15. The van der Waals surface area contributed by atoms with Gasteiger partial charge in [-0.1, -0.05) is 6.07 Å². The number of anilines is 1. The predicted octanol–water partition coefficient (Wildman–Crippen LogP) is 1.19. The SMILES string of the molecule is Cc1ccc(NC2NCCN2)cc1C. The summed E-state index contributed by atoms with van der Waals surface area (Å²) in [5, 5.41) is 10.0. The van der Waals surface area contributed by atoms with Crippen molar-refractivity contribution in [1.29, 1.82) is 0 Å². The maximum Gasteiger partial charge on any atom is 0.132 e. The minimum absolute atomic E-state index is 0.220. The molecule has 3 N–H and O–H groups in total. The van der Waals surface area contributed by atoms with Gasteiger partial charge in [-0.3, -0.25) is 10.6 Å². The average Bonchev–Trinajstić information content (AvgIpc) is 2.64. The van der Waals surface area contributed by atoms with Crippen molar-refractivity contribution in [2.75, 3.05) is 18.4 Å². The van der Waals surface area contributed by atoms with Crippen molar-refractivity contribution in [3.8, 4) is 0 Å².